The molecule has 0 bridgehead atoms. The number of pyridine rings is 1. The van der Waals surface area contributed by atoms with Gasteiger partial charge in [0.05, 0.1) is 5.69 Å². The van der Waals surface area contributed by atoms with Crippen LogP contribution in [0.1, 0.15) is 5.56 Å². The van der Waals surface area contributed by atoms with Crippen LogP contribution in [0.2, 0.25) is 0 Å². The van der Waals surface area contributed by atoms with Gasteiger partial charge >= 0.3 is 0 Å². The van der Waals surface area contributed by atoms with Crippen LogP contribution in [0.25, 0.3) is 33.2 Å². The number of aromatic amines is 2. The molecular weight excluding hydrogens is 336 g/mol. The van der Waals surface area contributed by atoms with Crippen LogP contribution in [0.3, 0.4) is 0 Å². The van der Waals surface area contributed by atoms with E-state index in [1.165, 1.54) is 16.5 Å². The fraction of sp³-hybridized carbons (Fsp3) is 0.0952. The van der Waals surface area contributed by atoms with Gasteiger partial charge in [-0.2, -0.15) is 0 Å². The molecule has 0 unspecified atom stereocenters. The van der Waals surface area contributed by atoms with Crippen LogP contribution < -0.4 is 5.32 Å². The van der Waals surface area contributed by atoms with E-state index < -0.39 is 0 Å². The number of para-hydroxylation sites is 1. The second-order valence-electron chi connectivity index (χ2n) is 6.40. The molecule has 5 aromatic rings. The smallest absolute Gasteiger partial charge is 0.223 e. The van der Waals surface area contributed by atoms with Gasteiger partial charge in [-0.25, -0.2) is 15.0 Å². The van der Waals surface area contributed by atoms with E-state index in [0.717, 1.165) is 35.3 Å². The first-order valence-electron chi connectivity index (χ1n) is 8.93. The number of nitrogens with one attached hydrogen (secondary N) is 3. The summed E-state index contributed by atoms with van der Waals surface area (Å²) >= 11 is 0. The van der Waals surface area contributed by atoms with E-state index in [4.69, 9.17) is 0 Å². The van der Waals surface area contributed by atoms with Gasteiger partial charge < -0.3 is 15.3 Å². The summed E-state index contributed by atoms with van der Waals surface area (Å²) in [5.41, 5.74) is 5.22. The predicted octanol–water partition coefficient (Wildman–Crippen LogP) is 4.16. The van der Waals surface area contributed by atoms with Crippen LogP contribution in [0, 0.1) is 0 Å². The van der Waals surface area contributed by atoms with Crippen molar-refractivity contribution < 1.29 is 0 Å². The van der Waals surface area contributed by atoms with Crippen molar-refractivity contribution in [3.63, 3.8) is 0 Å². The fourth-order valence-electron chi connectivity index (χ4n) is 3.41. The molecule has 4 heterocycles. The number of hydrogen-bond donors (Lipinski definition) is 3. The number of benzene rings is 1. The summed E-state index contributed by atoms with van der Waals surface area (Å²) in [4.78, 5) is 19.9. The summed E-state index contributed by atoms with van der Waals surface area (Å²) in [6.07, 6.45) is 8.47. The Hall–Kier alpha value is -3.67. The van der Waals surface area contributed by atoms with Crippen molar-refractivity contribution in [2.45, 2.75) is 6.42 Å². The number of rotatable bonds is 5. The van der Waals surface area contributed by atoms with Gasteiger partial charge in [-0.15, -0.1) is 0 Å². The molecule has 0 aliphatic carbocycles. The highest BCUT2D eigenvalue weighted by atomic mass is 15.1. The molecule has 0 amide bonds. The van der Waals surface area contributed by atoms with Gasteiger partial charge in [-0.1, -0.05) is 18.2 Å². The maximum absolute atomic E-state index is 4.67. The number of fused-ring (bicyclic) bond motifs is 2. The third-order valence-corrected chi connectivity index (χ3v) is 4.74. The summed E-state index contributed by atoms with van der Waals surface area (Å²) in [5.74, 6) is 0.630. The van der Waals surface area contributed by atoms with Crippen LogP contribution in [-0.2, 0) is 6.42 Å². The van der Waals surface area contributed by atoms with Gasteiger partial charge in [-0.3, -0.25) is 0 Å². The summed E-state index contributed by atoms with van der Waals surface area (Å²) in [7, 11) is 0. The van der Waals surface area contributed by atoms with Gasteiger partial charge in [0, 0.05) is 53.2 Å². The first kappa shape index (κ1) is 15.6. The number of aromatic nitrogens is 5. The number of anilines is 1. The zero-order chi connectivity index (χ0) is 18.1. The molecule has 0 saturated heterocycles. The van der Waals surface area contributed by atoms with Crippen molar-refractivity contribution in [2.24, 2.45) is 0 Å². The Kier molecular flexibility index (Phi) is 3.79. The molecule has 6 nitrogen and oxygen atoms in total. The molecule has 4 aromatic heterocycles. The standard InChI is InChI=1S/C21H18N6/c1-2-6-18-15(4-1)14(12-25-18)7-10-23-21-24-11-8-19(27-21)17-13-26-20-16(17)5-3-9-22-20/h1-6,8-9,11-13,25H,7,10H2,(H,22,26)(H,23,24,27). The van der Waals surface area contributed by atoms with Gasteiger partial charge in [0.25, 0.3) is 0 Å². The zero-order valence-corrected chi connectivity index (χ0v) is 14.6. The normalized spacial score (nSPS) is 11.3. The topological polar surface area (TPSA) is 82.3 Å². The van der Waals surface area contributed by atoms with Gasteiger partial charge in [0.1, 0.15) is 5.65 Å². The molecule has 0 saturated carbocycles. The Morgan fingerprint density at radius 1 is 0.852 bits per heavy atom. The summed E-state index contributed by atoms with van der Waals surface area (Å²) in [6, 6.07) is 14.2. The molecule has 0 aliphatic rings. The van der Waals surface area contributed by atoms with E-state index in [0.29, 0.717) is 5.95 Å². The lowest BCUT2D eigenvalue weighted by Crippen LogP contribution is -2.07. The van der Waals surface area contributed by atoms with E-state index in [1.807, 2.05) is 30.5 Å². The third-order valence-electron chi connectivity index (χ3n) is 4.74. The van der Waals surface area contributed by atoms with Crippen LogP contribution >= 0.6 is 0 Å². The molecule has 1 aromatic carbocycles. The predicted molar refractivity (Wildman–Crippen MR) is 108 cm³/mol. The highest BCUT2D eigenvalue weighted by Crippen LogP contribution is 2.26. The maximum atomic E-state index is 4.67. The number of nitrogens with zero attached hydrogens (tertiary/aromatic N) is 3. The molecule has 0 radical (unpaired) electrons. The van der Waals surface area contributed by atoms with Crippen LogP contribution in [0.15, 0.2) is 67.3 Å². The zero-order valence-electron chi connectivity index (χ0n) is 14.6. The lowest BCUT2D eigenvalue weighted by atomic mass is 10.1. The van der Waals surface area contributed by atoms with Crippen LogP contribution in [-0.4, -0.2) is 31.5 Å². The molecule has 0 spiro atoms. The molecule has 0 fully saturated rings. The minimum absolute atomic E-state index is 0.630. The first-order valence-corrected chi connectivity index (χ1v) is 8.93. The first-order chi connectivity index (χ1) is 13.4. The third kappa shape index (κ3) is 2.91. The summed E-state index contributed by atoms with van der Waals surface area (Å²) in [6.45, 7) is 0.765. The Labute approximate surface area is 155 Å². The Morgan fingerprint density at radius 2 is 1.78 bits per heavy atom. The van der Waals surface area contributed by atoms with Gasteiger partial charge in [0.2, 0.25) is 5.95 Å². The SMILES string of the molecule is c1ccc2c(CCNc3nccc(-c4c[nH]c5ncccc45)n3)c[nH]c2c1. The van der Waals surface area contributed by atoms with Crippen LogP contribution in [0.4, 0.5) is 5.95 Å². The Balaban J connectivity index is 1.34. The monoisotopic (exact) mass is 354 g/mol. The molecule has 3 N–H and O–H groups in total. The number of hydrogen-bond acceptors (Lipinski definition) is 4. The molecular formula is C21H18N6. The molecule has 27 heavy (non-hydrogen) atoms. The minimum Gasteiger partial charge on any atom is -0.361 e. The van der Waals surface area contributed by atoms with Gasteiger partial charge in [0.15, 0.2) is 0 Å². The average molecular weight is 354 g/mol. The van der Waals surface area contributed by atoms with Crippen molar-refractivity contribution in [3.05, 3.63) is 72.8 Å². The van der Waals surface area contributed by atoms with Crippen molar-refractivity contribution in [2.75, 3.05) is 11.9 Å². The molecule has 6 heteroatoms. The second kappa shape index (κ2) is 6.57. The summed E-state index contributed by atoms with van der Waals surface area (Å²) < 4.78 is 0. The Bertz CT molecular complexity index is 1220. The summed E-state index contributed by atoms with van der Waals surface area (Å²) in [5, 5.41) is 5.66. The van der Waals surface area contributed by atoms with E-state index in [2.05, 4.69) is 54.6 Å². The number of H-pyrrole nitrogens is 2. The van der Waals surface area contributed by atoms with Crippen molar-refractivity contribution in [3.8, 4) is 11.3 Å². The van der Waals surface area contributed by atoms with Crippen molar-refractivity contribution in [1.82, 2.24) is 24.9 Å². The van der Waals surface area contributed by atoms with E-state index in [-0.39, 0.29) is 0 Å². The Morgan fingerprint density at radius 3 is 2.78 bits per heavy atom. The largest absolute Gasteiger partial charge is 0.361 e. The van der Waals surface area contributed by atoms with Gasteiger partial charge in [-0.05, 0) is 36.2 Å². The fourth-order valence-corrected chi connectivity index (χ4v) is 3.41. The lowest BCUT2D eigenvalue weighted by Gasteiger charge is -2.06. The van der Waals surface area contributed by atoms with Crippen molar-refractivity contribution in [1.29, 1.82) is 0 Å². The molecule has 0 atom stereocenters. The quantitative estimate of drug-likeness (QED) is 0.443. The van der Waals surface area contributed by atoms with E-state index in [9.17, 15) is 0 Å². The second-order valence-corrected chi connectivity index (χ2v) is 6.40. The van der Waals surface area contributed by atoms with Crippen molar-refractivity contribution >= 4 is 27.9 Å². The minimum atomic E-state index is 0.630. The lowest BCUT2D eigenvalue weighted by molar-refractivity contribution is 0.991. The highest BCUT2D eigenvalue weighted by Gasteiger charge is 2.09. The average Bonchev–Trinajstić information content (AvgIpc) is 3.33. The highest BCUT2D eigenvalue weighted by molar-refractivity contribution is 5.92. The van der Waals surface area contributed by atoms with E-state index in [1.54, 1.807) is 12.4 Å². The molecule has 5 rings (SSSR count). The molecule has 0 aliphatic heterocycles. The van der Waals surface area contributed by atoms with Crippen LogP contribution in [0.5, 0.6) is 0 Å². The van der Waals surface area contributed by atoms with E-state index >= 15 is 0 Å². The maximum Gasteiger partial charge on any atom is 0.223 e. The molecule has 132 valence electrons.